The summed E-state index contributed by atoms with van der Waals surface area (Å²) < 4.78 is 73.8. The highest BCUT2D eigenvalue weighted by molar-refractivity contribution is 7.48. The Bertz CT molecular complexity index is 889. The maximum Gasteiger partial charge on any atom is 0.475 e. The summed E-state index contributed by atoms with van der Waals surface area (Å²) >= 11 is 0. The van der Waals surface area contributed by atoms with Crippen LogP contribution in [0.15, 0.2) is 15.8 Å². The first-order valence-corrected chi connectivity index (χ1v) is 9.21. The van der Waals surface area contributed by atoms with E-state index in [1.165, 1.54) is 13.8 Å². The monoisotopic (exact) mass is 416 g/mol. The van der Waals surface area contributed by atoms with E-state index in [0.29, 0.717) is 10.8 Å². The Hall–Kier alpha value is -1.50. The number of aromatic nitrogens is 2. The number of alkyl halides is 2. The van der Waals surface area contributed by atoms with Gasteiger partial charge in [0.2, 0.25) is 5.82 Å². The third kappa shape index (κ3) is 3.39. The van der Waals surface area contributed by atoms with Crippen LogP contribution >= 0.6 is 7.82 Å². The summed E-state index contributed by atoms with van der Waals surface area (Å²) in [6.07, 6.45) is -9.30. The number of halogens is 3. The Morgan fingerprint density at radius 2 is 2.11 bits per heavy atom. The molecule has 0 amide bonds. The first-order valence-electron chi connectivity index (χ1n) is 7.75. The number of aliphatic hydroxyl groups is 1. The second-order valence-corrected chi connectivity index (χ2v) is 7.87. The molecule has 2 aliphatic heterocycles. The molecule has 2 N–H and O–H groups in total. The van der Waals surface area contributed by atoms with Crippen molar-refractivity contribution in [3.05, 3.63) is 32.9 Å². The van der Waals surface area contributed by atoms with E-state index in [9.17, 15) is 32.4 Å². The molecular weight excluding hydrogens is 400 g/mol. The molecule has 0 saturated carbocycles. The van der Waals surface area contributed by atoms with Crippen LogP contribution in [-0.2, 0) is 22.9 Å². The summed E-state index contributed by atoms with van der Waals surface area (Å²) in [4.78, 5) is 24.6. The molecule has 5 atom stereocenters. The van der Waals surface area contributed by atoms with Crippen molar-refractivity contribution in [1.82, 2.24) is 9.55 Å². The van der Waals surface area contributed by atoms with Crippen molar-refractivity contribution in [2.75, 3.05) is 6.61 Å². The minimum atomic E-state index is -4.30. The molecule has 14 heteroatoms. The normalized spacial score (nSPS) is 36.4. The predicted octanol–water partition coefficient (Wildman–Crippen LogP) is 0.518. The number of ether oxygens (including phenoxy) is 1. The largest absolute Gasteiger partial charge is 0.475 e. The van der Waals surface area contributed by atoms with E-state index >= 15 is 0 Å². The summed E-state index contributed by atoms with van der Waals surface area (Å²) in [5.41, 5.74) is -5.14. The number of nitrogens with zero attached hydrogens (tertiary/aromatic N) is 1. The summed E-state index contributed by atoms with van der Waals surface area (Å²) in [5.74, 6) is -1.41. The molecule has 0 spiro atoms. The summed E-state index contributed by atoms with van der Waals surface area (Å²) in [5, 5.41) is 10.4. The highest BCUT2D eigenvalue weighted by atomic mass is 31.2. The first-order chi connectivity index (χ1) is 12.5. The van der Waals surface area contributed by atoms with Gasteiger partial charge in [0.05, 0.1) is 18.9 Å². The van der Waals surface area contributed by atoms with Gasteiger partial charge in [-0.3, -0.25) is 27.9 Å². The van der Waals surface area contributed by atoms with Gasteiger partial charge in [-0.2, -0.15) is 4.39 Å². The van der Waals surface area contributed by atoms with Crippen molar-refractivity contribution in [3.8, 4) is 0 Å². The maximum atomic E-state index is 13.7. The number of fused-ring (bicyclic) bond motifs is 1. The Labute approximate surface area is 149 Å². The van der Waals surface area contributed by atoms with E-state index in [2.05, 4.69) is 0 Å². The van der Waals surface area contributed by atoms with Gasteiger partial charge in [0, 0.05) is 0 Å². The summed E-state index contributed by atoms with van der Waals surface area (Å²) in [6, 6.07) is 0. The molecular formula is C13H16F3N2O8P. The lowest BCUT2D eigenvalue weighted by Gasteiger charge is -2.39. The van der Waals surface area contributed by atoms with Crippen LogP contribution in [0.2, 0.25) is 0 Å². The van der Waals surface area contributed by atoms with Gasteiger partial charge in [-0.05, 0) is 13.8 Å². The Balaban J connectivity index is 2.01. The zero-order chi connectivity index (χ0) is 20.1. The predicted molar refractivity (Wildman–Crippen MR) is 80.8 cm³/mol. The molecule has 27 heavy (non-hydrogen) atoms. The molecule has 1 aromatic heterocycles. The second kappa shape index (κ2) is 6.83. The molecule has 152 valence electrons. The molecule has 2 aliphatic rings. The van der Waals surface area contributed by atoms with Crippen molar-refractivity contribution in [2.24, 2.45) is 0 Å². The standard InChI is InChI=1S/C13H16F3N2O8P/c1-5(2)25-27(22)23-4-13(11(15)16)8(26-27)7(19)10(24-13)18-3-6(14)9(20)17-12(18)21/h3,5,7-8,10-11,19H,4H2,1-2H3,(H,17,20,21)/t7?,8-,10+,13+,27?/m0/s1. The SMILES string of the molecule is CC(C)OP1(=O)OC[C@@]2(C(F)F)O[C@@H](n3cc(F)c(=O)[nH]c3=O)C(O)[C@@H]2O1. The molecule has 0 aliphatic carbocycles. The third-order valence-electron chi connectivity index (χ3n) is 4.02. The van der Waals surface area contributed by atoms with Gasteiger partial charge >= 0.3 is 13.5 Å². The lowest BCUT2D eigenvalue weighted by Crippen LogP contribution is -2.56. The number of nitrogens with one attached hydrogen (secondary N) is 1. The summed E-state index contributed by atoms with van der Waals surface area (Å²) in [6.45, 7) is 2.01. The van der Waals surface area contributed by atoms with Gasteiger partial charge in [0.15, 0.2) is 11.8 Å². The van der Waals surface area contributed by atoms with E-state index in [0.717, 1.165) is 0 Å². The fraction of sp³-hybridized carbons (Fsp3) is 0.692. The number of phosphoric acid groups is 1. The van der Waals surface area contributed by atoms with Crippen LogP contribution in [0.4, 0.5) is 13.2 Å². The van der Waals surface area contributed by atoms with Gasteiger partial charge in [-0.15, -0.1) is 0 Å². The number of hydrogen-bond donors (Lipinski definition) is 2. The molecule has 2 fully saturated rings. The topological polar surface area (TPSA) is 129 Å². The molecule has 3 heterocycles. The van der Waals surface area contributed by atoms with Gasteiger partial charge in [-0.25, -0.2) is 18.1 Å². The Morgan fingerprint density at radius 3 is 2.70 bits per heavy atom. The third-order valence-corrected chi connectivity index (χ3v) is 5.63. The highest BCUT2D eigenvalue weighted by Crippen LogP contribution is 2.61. The average Bonchev–Trinajstić information content (AvgIpc) is 2.84. The number of aliphatic hydroxyl groups excluding tert-OH is 1. The number of phosphoric ester groups is 1. The van der Waals surface area contributed by atoms with Gasteiger partial charge in [-0.1, -0.05) is 0 Å². The zero-order valence-corrected chi connectivity index (χ0v) is 14.9. The maximum absolute atomic E-state index is 13.7. The van der Waals surface area contributed by atoms with Crippen LogP contribution in [0, 0.1) is 5.82 Å². The zero-order valence-electron chi connectivity index (χ0n) is 14.0. The highest BCUT2D eigenvalue weighted by Gasteiger charge is 2.67. The van der Waals surface area contributed by atoms with Crippen molar-refractivity contribution >= 4 is 7.82 Å². The first kappa shape index (κ1) is 20.2. The smallest absolute Gasteiger partial charge is 0.386 e. The average molecular weight is 416 g/mol. The van der Waals surface area contributed by atoms with E-state index < -0.39 is 68.1 Å². The van der Waals surface area contributed by atoms with E-state index in [1.807, 2.05) is 0 Å². The molecule has 2 saturated heterocycles. The molecule has 10 nitrogen and oxygen atoms in total. The van der Waals surface area contributed by atoms with Crippen molar-refractivity contribution in [3.63, 3.8) is 0 Å². The van der Waals surface area contributed by atoms with Gasteiger partial charge in [0.1, 0.15) is 12.2 Å². The fourth-order valence-electron chi connectivity index (χ4n) is 2.84. The minimum Gasteiger partial charge on any atom is -0.386 e. The molecule has 0 radical (unpaired) electrons. The van der Waals surface area contributed by atoms with Gasteiger partial charge in [0.25, 0.3) is 12.0 Å². The van der Waals surface area contributed by atoms with Crippen molar-refractivity contribution in [2.45, 2.75) is 50.4 Å². The van der Waals surface area contributed by atoms with Crippen LogP contribution in [-0.4, -0.2) is 51.6 Å². The number of aromatic amines is 1. The van der Waals surface area contributed by atoms with Crippen LogP contribution in [0.5, 0.6) is 0 Å². The Morgan fingerprint density at radius 1 is 1.44 bits per heavy atom. The fourth-order valence-corrected chi connectivity index (χ4v) is 4.47. The quantitative estimate of drug-likeness (QED) is 0.680. The number of hydrogen-bond acceptors (Lipinski definition) is 8. The molecule has 2 unspecified atom stereocenters. The molecule has 3 rings (SSSR count). The van der Waals surface area contributed by atoms with Crippen LogP contribution in [0.25, 0.3) is 0 Å². The Kier molecular flexibility index (Phi) is 5.12. The summed E-state index contributed by atoms with van der Waals surface area (Å²) in [7, 11) is -4.30. The van der Waals surface area contributed by atoms with E-state index in [4.69, 9.17) is 18.3 Å². The molecule has 0 aromatic carbocycles. The van der Waals surface area contributed by atoms with Gasteiger partial charge < -0.3 is 9.84 Å². The minimum absolute atomic E-state index is 0.390. The van der Waals surface area contributed by atoms with Crippen molar-refractivity contribution < 1.29 is 41.2 Å². The lowest BCUT2D eigenvalue weighted by atomic mass is 9.96. The number of rotatable bonds is 4. The lowest BCUT2D eigenvalue weighted by molar-refractivity contribution is -0.208. The number of H-pyrrole nitrogens is 1. The van der Waals surface area contributed by atoms with E-state index in [-0.39, 0.29) is 0 Å². The van der Waals surface area contributed by atoms with Crippen LogP contribution < -0.4 is 11.2 Å². The van der Waals surface area contributed by atoms with Crippen LogP contribution in [0.3, 0.4) is 0 Å². The van der Waals surface area contributed by atoms with Crippen LogP contribution in [0.1, 0.15) is 20.1 Å². The second-order valence-electron chi connectivity index (χ2n) is 6.30. The van der Waals surface area contributed by atoms with E-state index in [1.54, 1.807) is 4.98 Å². The molecule has 1 aromatic rings. The van der Waals surface area contributed by atoms with Crippen molar-refractivity contribution in [1.29, 1.82) is 0 Å². The molecule has 0 bridgehead atoms.